The van der Waals surface area contributed by atoms with Gasteiger partial charge in [-0.3, -0.25) is 4.79 Å². The molecule has 126 valence electrons. The van der Waals surface area contributed by atoms with Crippen molar-refractivity contribution in [1.29, 1.82) is 0 Å². The molecule has 1 heterocycles. The highest BCUT2D eigenvalue weighted by molar-refractivity contribution is 5.92. The number of nitrogens with one attached hydrogen (secondary N) is 1. The molecule has 2 saturated carbocycles. The van der Waals surface area contributed by atoms with E-state index in [1.54, 1.807) is 0 Å². The third-order valence-corrected chi connectivity index (χ3v) is 7.41. The van der Waals surface area contributed by atoms with E-state index >= 15 is 0 Å². The average molecular weight is 318 g/mol. The first kappa shape index (κ1) is 15.2. The molecule has 4 rings (SSSR count). The van der Waals surface area contributed by atoms with Gasteiger partial charge in [-0.05, 0) is 49.9 Å². The van der Waals surface area contributed by atoms with Crippen molar-refractivity contribution in [1.82, 2.24) is 5.32 Å². The van der Waals surface area contributed by atoms with Crippen LogP contribution in [0.2, 0.25) is 0 Å². The van der Waals surface area contributed by atoms with E-state index in [-0.39, 0.29) is 22.7 Å². The van der Waals surface area contributed by atoms with Gasteiger partial charge in [0.05, 0.1) is 11.8 Å². The highest BCUT2D eigenvalue weighted by Crippen LogP contribution is 2.62. The van der Waals surface area contributed by atoms with E-state index < -0.39 is 6.10 Å². The molecule has 6 atom stereocenters. The monoisotopic (exact) mass is 318 g/mol. The first-order chi connectivity index (χ1) is 10.9. The molecule has 1 amide bonds. The number of fused-ring (bicyclic) bond motifs is 5. The Balaban J connectivity index is 1.75. The number of aliphatic hydroxyl groups is 1. The number of hydrogen-bond acceptors (Lipinski definition) is 4. The summed E-state index contributed by atoms with van der Waals surface area (Å²) < 4.78 is 0. The van der Waals surface area contributed by atoms with Crippen LogP contribution in [0.5, 0.6) is 0 Å². The van der Waals surface area contributed by atoms with Crippen LogP contribution in [0.25, 0.3) is 0 Å². The molecular formula is C18H26N2O3. The van der Waals surface area contributed by atoms with Crippen molar-refractivity contribution in [3.63, 3.8) is 0 Å². The van der Waals surface area contributed by atoms with E-state index in [0.29, 0.717) is 24.7 Å². The summed E-state index contributed by atoms with van der Waals surface area (Å²) in [6.07, 6.45) is 6.54. The summed E-state index contributed by atoms with van der Waals surface area (Å²) in [6, 6.07) is 0. The predicted octanol–water partition coefficient (Wildman–Crippen LogP) is 2.43. The van der Waals surface area contributed by atoms with Gasteiger partial charge in [-0.2, -0.15) is 0 Å². The van der Waals surface area contributed by atoms with Crippen LogP contribution in [0.1, 0.15) is 52.4 Å². The Hall–Kier alpha value is -1.36. The van der Waals surface area contributed by atoms with Crippen LogP contribution < -0.4 is 5.32 Å². The van der Waals surface area contributed by atoms with Crippen molar-refractivity contribution in [3.05, 3.63) is 11.8 Å². The zero-order chi connectivity index (χ0) is 16.4. The van der Waals surface area contributed by atoms with E-state index in [1.807, 2.05) is 0 Å². The Kier molecular flexibility index (Phi) is 3.18. The van der Waals surface area contributed by atoms with Gasteiger partial charge in [0, 0.05) is 22.9 Å². The van der Waals surface area contributed by atoms with Gasteiger partial charge in [0.15, 0.2) is 0 Å². The Labute approximate surface area is 136 Å². The Morgan fingerprint density at radius 1 is 1.30 bits per heavy atom. The second kappa shape index (κ2) is 4.82. The van der Waals surface area contributed by atoms with Crippen LogP contribution in [0.15, 0.2) is 16.9 Å². The van der Waals surface area contributed by atoms with Gasteiger partial charge in [-0.25, -0.2) is 0 Å². The van der Waals surface area contributed by atoms with Crippen molar-refractivity contribution in [2.45, 2.75) is 58.5 Å². The number of nitrogens with zero attached hydrogens (tertiary/aromatic N) is 1. The summed E-state index contributed by atoms with van der Waals surface area (Å²) in [4.78, 5) is 11.8. The fraction of sp³-hybridized carbons (Fsp3) is 0.778. The van der Waals surface area contributed by atoms with E-state index in [9.17, 15) is 15.1 Å². The average Bonchev–Trinajstić information content (AvgIpc) is 2.83. The zero-order valence-electron chi connectivity index (χ0n) is 13.9. The van der Waals surface area contributed by atoms with Gasteiger partial charge in [0.2, 0.25) is 5.91 Å². The Bertz CT molecular complexity index is 613. The summed E-state index contributed by atoms with van der Waals surface area (Å²) in [7, 11) is 0. The Morgan fingerprint density at radius 3 is 2.83 bits per heavy atom. The van der Waals surface area contributed by atoms with Crippen LogP contribution in [-0.4, -0.2) is 28.0 Å². The maximum Gasteiger partial charge on any atom is 0.224 e. The molecule has 4 aliphatic rings. The largest absolute Gasteiger partial charge is 0.411 e. The topological polar surface area (TPSA) is 81.9 Å². The summed E-state index contributed by atoms with van der Waals surface area (Å²) in [6.45, 7) is 4.36. The molecule has 0 bridgehead atoms. The molecule has 1 saturated heterocycles. The standard InChI is InChI=1S/C18H26N2O3/c1-17-8-7-15(22)19-13(17)5-3-10-11-4-6-14(20-23)18(11,2)9-12(21)16(10)17/h5,10-12,16,21,23H,3-4,6-9H2,1-2H3,(H,19,22)/b20-14+/t10?,11?,12-,16?,17?,18?/m0/s1. The number of piperidine rings is 1. The molecule has 0 aromatic carbocycles. The first-order valence-corrected chi connectivity index (χ1v) is 8.80. The van der Waals surface area contributed by atoms with Crippen LogP contribution in [0, 0.1) is 28.6 Å². The lowest BCUT2D eigenvalue weighted by molar-refractivity contribution is -0.129. The summed E-state index contributed by atoms with van der Waals surface area (Å²) in [5.74, 6) is 1.12. The molecule has 5 nitrogen and oxygen atoms in total. The number of allylic oxidation sites excluding steroid dienone is 2. The maximum atomic E-state index is 11.8. The lowest BCUT2D eigenvalue weighted by Crippen LogP contribution is -2.58. The first-order valence-electron chi connectivity index (χ1n) is 8.80. The minimum atomic E-state index is -0.417. The van der Waals surface area contributed by atoms with Gasteiger partial charge in [0.25, 0.3) is 0 Å². The van der Waals surface area contributed by atoms with E-state index in [1.165, 1.54) is 0 Å². The number of aliphatic hydroxyl groups excluding tert-OH is 1. The second-order valence-corrected chi connectivity index (χ2v) is 8.39. The van der Waals surface area contributed by atoms with Crippen molar-refractivity contribution >= 4 is 11.6 Å². The molecule has 0 aromatic heterocycles. The van der Waals surface area contributed by atoms with Gasteiger partial charge < -0.3 is 15.6 Å². The smallest absolute Gasteiger partial charge is 0.224 e. The third-order valence-electron chi connectivity index (χ3n) is 7.41. The number of oxime groups is 1. The van der Waals surface area contributed by atoms with Gasteiger partial charge >= 0.3 is 0 Å². The van der Waals surface area contributed by atoms with Gasteiger partial charge in [-0.15, -0.1) is 0 Å². The quantitative estimate of drug-likeness (QED) is 0.474. The van der Waals surface area contributed by atoms with Crippen molar-refractivity contribution in [3.8, 4) is 0 Å². The molecular weight excluding hydrogens is 292 g/mol. The van der Waals surface area contributed by atoms with E-state index in [4.69, 9.17) is 0 Å². The zero-order valence-corrected chi connectivity index (χ0v) is 13.9. The fourth-order valence-corrected chi connectivity index (χ4v) is 6.28. The van der Waals surface area contributed by atoms with Crippen LogP contribution in [0.4, 0.5) is 0 Å². The van der Waals surface area contributed by atoms with Crippen LogP contribution in [-0.2, 0) is 4.79 Å². The highest BCUT2D eigenvalue weighted by Gasteiger charge is 2.61. The van der Waals surface area contributed by atoms with Gasteiger partial charge in [-0.1, -0.05) is 25.1 Å². The number of carbonyl (C=O) groups is 1. The van der Waals surface area contributed by atoms with Gasteiger partial charge in [0.1, 0.15) is 0 Å². The lowest BCUT2D eigenvalue weighted by atomic mass is 9.49. The van der Waals surface area contributed by atoms with Crippen LogP contribution >= 0.6 is 0 Å². The number of carbonyl (C=O) groups excluding carboxylic acids is 1. The molecule has 0 radical (unpaired) electrons. The molecule has 5 unspecified atom stereocenters. The fourth-order valence-electron chi connectivity index (χ4n) is 6.28. The molecule has 3 aliphatic carbocycles. The molecule has 0 spiro atoms. The molecule has 23 heavy (non-hydrogen) atoms. The maximum absolute atomic E-state index is 11.8. The predicted molar refractivity (Wildman–Crippen MR) is 85.8 cm³/mol. The number of hydrogen-bond donors (Lipinski definition) is 3. The molecule has 3 N–H and O–H groups in total. The summed E-state index contributed by atoms with van der Waals surface area (Å²) in [5, 5.41) is 27.0. The summed E-state index contributed by atoms with van der Waals surface area (Å²) in [5.41, 5.74) is 1.55. The molecule has 5 heteroatoms. The number of rotatable bonds is 0. The van der Waals surface area contributed by atoms with E-state index in [2.05, 4.69) is 30.4 Å². The van der Waals surface area contributed by atoms with Crippen molar-refractivity contribution in [2.24, 2.45) is 33.7 Å². The second-order valence-electron chi connectivity index (χ2n) is 8.39. The Morgan fingerprint density at radius 2 is 2.09 bits per heavy atom. The lowest BCUT2D eigenvalue weighted by Gasteiger charge is -2.57. The van der Waals surface area contributed by atoms with Crippen LogP contribution in [0.3, 0.4) is 0 Å². The number of amides is 1. The SMILES string of the molecule is CC12CCC(=O)NC1=CCC1C2[C@@H](O)CC2(C)/C(=N/O)CCC12. The summed E-state index contributed by atoms with van der Waals surface area (Å²) >= 11 is 0. The normalized spacial score (nSPS) is 50.7. The van der Waals surface area contributed by atoms with Crippen molar-refractivity contribution < 1.29 is 15.1 Å². The van der Waals surface area contributed by atoms with Crippen molar-refractivity contribution in [2.75, 3.05) is 0 Å². The minimum absolute atomic E-state index is 0.0953. The third kappa shape index (κ3) is 1.89. The highest BCUT2D eigenvalue weighted by atomic mass is 16.4. The molecule has 0 aromatic rings. The molecule has 3 fully saturated rings. The minimum Gasteiger partial charge on any atom is -0.411 e. The molecule has 1 aliphatic heterocycles. The van der Waals surface area contributed by atoms with E-state index in [0.717, 1.165) is 37.1 Å².